The average Bonchev–Trinajstić information content (AvgIpc) is 2.61. The van der Waals surface area contributed by atoms with Crippen molar-refractivity contribution in [2.45, 2.75) is 50.2 Å². The third-order valence-electron chi connectivity index (χ3n) is 4.86. The molecule has 0 radical (unpaired) electrons. The first-order valence-corrected chi connectivity index (χ1v) is 10.4. The second kappa shape index (κ2) is 7.50. The molecule has 1 aromatic rings. The van der Waals surface area contributed by atoms with Gasteiger partial charge in [-0.3, -0.25) is 10.1 Å². The van der Waals surface area contributed by atoms with Crippen molar-refractivity contribution < 1.29 is 18.1 Å². The maximum Gasteiger partial charge on any atom is 0.293 e. The Kier molecular flexibility index (Phi) is 5.50. The van der Waals surface area contributed by atoms with Crippen LogP contribution in [0.15, 0.2) is 23.1 Å². The molecule has 2 fully saturated rings. The number of hydrogen-bond donors (Lipinski definition) is 0. The van der Waals surface area contributed by atoms with Gasteiger partial charge in [-0.1, -0.05) is 6.42 Å². The number of rotatable bonds is 4. The normalized spacial score (nSPS) is 25.2. The summed E-state index contributed by atoms with van der Waals surface area (Å²) in [6.07, 6.45) is 2.56. The molecule has 0 spiro atoms. The van der Waals surface area contributed by atoms with E-state index in [0.29, 0.717) is 31.9 Å². The summed E-state index contributed by atoms with van der Waals surface area (Å²) in [6.45, 7) is 5.84. The van der Waals surface area contributed by atoms with Crippen molar-refractivity contribution >= 4 is 21.4 Å². The number of ether oxygens (including phenoxy) is 1. The van der Waals surface area contributed by atoms with Gasteiger partial charge < -0.3 is 9.64 Å². The van der Waals surface area contributed by atoms with Crippen LogP contribution in [0.2, 0.25) is 0 Å². The highest BCUT2D eigenvalue weighted by atomic mass is 32.2. The molecule has 1 aromatic carbocycles. The highest BCUT2D eigenvalue weighted by Crippen LogP contribution is 2.34. The minimum absolute atomic E-state index is 0.00999. The Balaban J connectivity index is 1.95. The number of piperidine rings is 1. The van der Waals surface area contributed by atoms with Gasteiger partial charge in [0.05, 0.1) is 22.0 Å². The van der Waals surface area contributed by atoms with Crippen molar-refractivity contribution in [2.24, 2.45) is 0 Å². The van der Waals surface area contributed by atoms with E-state index in [0.717, 1.165) is 19.3 Å². The molecule has 0 amide bonds. The van der Waals surface area contributed by atoms with Crippen molar-refractivity contribution in [3.05, 3.63) is 28.3 Å². The summed E-state index contributed by atoms with van der Waals surface area (Å²) in [5, 5.41) is 11.6. The second-order valence-electron chi connectivity index (χ2n) is 7.03. The first-order valence-electron chi connectivity index (χ1n) is 8.98. The lowest BCUT2D eigenvalue weighted by molar-refractivity contribution is -0.384. The molecule has 144 valence electrons. The van der Waals surface area contributed by atoms with Crippen LogP contribution in [0.4, 0.5) is 11.4 Å². The quantitative estimate of drug-likeness (QED) is 0.585. The van der Waals surface area contributed by atoms with Gasteiger partial charge in [0.2, 0.25) is 10.0 Å². The fraction of sp³-hybridized carbons (Fsp3) is 0.647. The van der Waals surface area contributed by atoms with Crippen molar-refractivity contribution in [3.8, 4) is 0 Å². The first kappa shape index (κ1) is 19.1. The van der Waals surface area contributed by atoms with E-state index in [1.807, 2.05) is 18.7 Å². The molecule has 2 atom stereocenters. The Morgan fingerprint density at radius 3 is 2.31 bits per heavy atom. The van der Waals surface area contributed by atoms with E-state index < -0.39 is 14.9 Å². The number of nitro groups is 1. The standard InChI is InChI=1S/C17H25N3O5S/c1-13-11-18(12-14(2)25-13)16-7-6-15(10-17(16)20(21)22)26(23,24)19-8-4-3-5-9-19/h6-7,10,13-14H,3-5,8-9,11-12H2,1-2H3. The molecule has 8 nitrogen and oxygen atoms in total. The van der Waals surface area contributed by atoms with E-state index in [9.17, 15) is 18.5 Å². The Hall–Kier alpha value is -1.71. The van der Waals surface area contributed by atoms with Crippen LogP contribution >= 0.6 is 0 Å². The number of morpholine rings is 1. The van der Waals surface area contributed by atoms with Crippen LogP contribution in [-0.4, -0.2) is 56.0 Å². The van der Waals surface area contributed by atoms with Gasteiger partial charge in [0.1, 0.15) is 5.69 Å². The van der Waals surface area contributed by atoms with Crippen LogP contribution in [0.25, 0.3) is 0 Å². The average molecular weight is 383 g/mol. The smallest absolute Gasteiger partial charge is 0.293 e. The molecule has 2 heterocycles. The number of anilines is 1. The molecule has 2 saturated heterocycles. The number of nitro benzene ring substituents is 1. The maximum absolute atomic E-state index is 12.8. The summed E-state index contributed by atoms with van der Waals surface area (Å²) in [7, 11) is -3.70. The topological polar surface area (TPSA) is 93.0 Å². The zero-order valence-corrected chi connectivity index (χ0v) is 15.9. The van der Waals surface area contributed by atoms with Gasteiger partial charge in [0.15, 0.2) is 0 Å². The summed E-state index contributed by atoms with van der Waals surface area (Å²) in [4.78, 5) is 13.0. The van der Waals surface area contributed by atoms with Gasteiger partial charge >= 0.3 is 0 Å². The lowest BCUT2D eigenvalue weighted by Gasteiger charge is -2.36. The molecule has 0 saturated carbocycles. The van der Waals surface area contributed by atoms with Crippen LogP contribution in [0.1, 0.15) is 33.1 Å². The number of sulfonamides is 1. The Morgan fingerprint density at radius 1 is 1.12 bits per heavy atom. The molecule has 3 rings (SSSR count). The van der Waals surface area contributed by atoms with Gasteiger partial charge in [-0.2, -0.15) is 4.31 Å². The lowest BCUT2D eigenvalue weighted by Crippen LogP contribution is -2.45. The molecule has 0 N–H and O–H groups in total. The van der Waals surface area contributed by atoms with E-state index in [-0.39, 0.29) is 22.8 Å². The predicted molar refractivity (Wildman–Crippen MR) is 97.9 cm³/mol. The molecule has 0 aliphatic carbocycles. The highest BCUT2D eigenvalue weighted by Gasteiger charge is 2.31. The Bertz CT molecular complexity index is 767. The van der Waals surface area contributed by atoms with Crippen LogP contribution in [0.5, 0.6) is 0 Å². The molecule has 0 aromatic heterocycles. The van der Waals surface area contributed by atoms with E-state index in [4.69, 9.17) is 4.74 Å². The third kappa shape index (κ3) is 3.84. The van der Waals surface area contributed by atoms with Gasteiger partial charge in [-0.25, -0.2) is 8.42 Å². The van der Waals surface area contributed by atoms with Crippen LogP contribution < -0.4 is 4.90 Å². The summed E-state index contributed by atoms with van der Waals surface area (Å²) in [6, 6.07) is 4.24. The molecule has 2 aliphatic heterocycles. The van der Waals surface area contributed by atoms with Crippen molar-refractivity contribution in [1.29, 1.82) is 0 Å². The third-order valence-corrected chi connectivity index (χ3v) is 6.75. The van der Waals surface area contributed by atoms with E-state index in [2.05, 4.69) is 0 Å². The summed E-state index contributed by atoms with van der Waals surface area (Å²) >= 11 is 0. The predicted octanol–water partition coefficient (Wildman–Crippen LogP) is 2.38. The van der Waals surface area contributed by atoms with Gasteiger partial charge in [0.25, 0.3) is 5.69 Å². The zero-order chi connectivity index (χ0) is 18.9. The SMILES string of the molecule is CC1CN(c2ccc(S(=O)(=O)N3CCCCC3)cc2[N+](=O)[O-])CC(C)O1. The first-order chi connectivity index (χ1) is 12.3. The molecule has 26 heavy (non-hydrogen) atoms. The minimum atomic E-state index is -3.70. The largest absolute Gasteiger partial charge is 0.372 e. The van der Waals surface area contributed by atoms with E-state index in [1.54, 1.807) is 6.07 Å². The fourth-order valence-electron chi connectivity index (χ4n) is 3.71. The molecular formula is C17H25N3O5S. The van der Waals surface area contributed by atoms with Crippen molar-refractivity contribution in [2.75, 3.05) is 31.1 Å². The molecule has 0 bridgehead atoms. The number of benzene rings is 1. The Morgan fingerprint density at radius 2 is 1.73 bits per heavy atom. The van der Waals surface area contributed by atoms with Crippen molar-refractivity contribution in [3.63, 3.8) is 0 Å². The maximum atomic E-state index is 12.8. The number of hydrogen-bond acceptors (Lipinski definition) is 6. The molecule has 2 aliphatic rings. The molecular weight excluding hydrogens is 358 g/mol. The highest BCUT2D eigenvalue weighted by molar-refractivity contribution is 7.89. The van der Waals surface area contributed by atoms with Crippen LogP contribution in [-0.2, 0) is 14.8 Å². The van der Waals surface area contributed by atoms with Crippen molar-refractivity contribution in [1.82, 2.24) is 4.31 Å². The van der Waals surface area contributed by atoms with Gasteiger partial charge in [0, 0.05) is 32.2 Å². The zero-order valence-electron chi connectivity index (χ0n) is 15.1. The van der Waals surface area contributed by atoms with E-state index >= 15 is 0 Å². The van der Waals surface area contributed by atoms with Gasteiger partial charge in [-0.15, -0.1) is 0 Å². The minimum Gasteiger partial charge on any atom is -0.372 e. The summed E-state index contributed by atoms with van der Waals surface area (Å²) in [5.41, 5.74) is 0.263. The monoisotopic (exact) mass is 383 g/mol. The van der Waals surface area contributed by atoms with Crippen LogP contribution in [0.3, 0.4) is 0 Å². The van der Waals surface area contributed by atoms with Gasteiger partial charge in [-0.05, 0) is 38.8 Å². The summed E-state index contributed by atoms with van der Waals surface area (Å²) < 4.78 is 32.8. The summed E-state index contributed by atoms with van der Waals surface area (Å²) in [5.74, 6) is 0. The van der Waals surface area contributed by atoms with Crippen LogP contribution in [0, 0.1) is 10.1 Å². The Labute approximate surface area is 153 Å². The number of nitrogens with zero attached hydrogens (tertiary/aromatic N) is 3. The molecule has 2 unspecified atom stereocenters. The van der Waals surface area contributed by atoms with E-state index in [1.165, 1.54) is 16.4 Å². The fourth-order valence-corrected chi connectivity index (χ4v) is 5.24. The second-order valence-corrected chi connectivity index (χ2v) is 8.97. The lowest BCUT2D eigenvalue weighted by atomic mass is 10.1. The molecule has 9 heteroatoms.